The number of aromatic amines is 1. The van der Waals surface area contributed by atoms with Crippen LogP contribution in [0.25, 0.3) is 0 Å². The molecule has 96 valence electrons. The van der Waals surface area contributed by atoms with Crippen molar-refractivity contribution in [2.24, 2.45) is 0 Å². The molecular weight excluding hydrogens is 214 g/mol. The van der Waals surface area contributed by atoms with E-state index in [2.05, 4.69) is 36.4 Å². The summed E-state index contributed by atoms with van der Waals surface area (Å²) in [7, 11) is 0. The van der Waals surface area contributed by atoms with Crippen LogP contribution in [0.3, 0.4) is 0 Å². The standard InChI is InChI=1S/C13H23N3O/c1-13(2,3)16-7-4-6-14-10-11-5-8-15-12(17)9-11/h5,8-9,14,16H,4,6-7,10H2,1-3H3,(H,15,17). The number of pyridine rings is 1. The van der Waals surface area contributed by atoms with Crippen molar-refractivity contribution in [1.82, 2.24) is 15.6 Å². The lowest BCUT2D eigenvalue weighted by Gasteiger charge is -2.20. The molecule has 0 atom stereocenters. The van der Waals surface area contributed by atoms with Gasteiger partial charge < -0.3 is 15.6 Å². The van der Waals surface area contributed by atoms with Crippen molar-refractivity contribution in [2.75, 3.05) is 13.1 Å². The van der Waals surface area contributed by atoms with Gasteiger partial charge in [0.1, 0.15) is 0 Å². The average molecular weight is 237 g/mol. The molecule has 0 aliphatic carbocycles. The van der Waals surface area contributed by atoms with Crippen LogP contribution in [0.5, 0.6) is 0 Å². The molecule has 0 aromatic carbocycles. The van der Waals surface area contributed by atoms with E-state index < -0.39 is 0 Å². The Morgan fingerprint density at radius 2 is 2.06 bits per heavy atom. The first-order chi connectivity index (χ1) is 7.97. The van der Waals surface area contributed by atoms with E-state index in [0.717, 1.165) is 31.6 Å². The number of H-pyrrole nitrogens is 1. The van der Waals surface area contributed by atoms with Crippen molar-refractivity contribution in [3.63, 3.8) is 0 Å². The van der Waals surface area contributed by atoms with Crippen molar-refractivity contribution in [2.45, 2.75) is 39.3 Å². The Morgan fingerprint density at radius 1 is 1.29 bits per heavy atom. The van der Waals surface area contributed by atoms with Crippen LogP contribution in [0.1, 0.15) is 32.8 Å². The van der Waals surface area contributed by atoms with E-state index in [1.807, 2.05) is 6.07 Å². The van der Waals surface area contributed by atoms with E-state index in [1.165, 1.54) is 0 Å². The summed E-state index contributed by atoms with van der Waals surface area (Å²) in [6.07, 6.45) is 2.76. The third kappa shape index (κ3) is 6.92. The fourth-order valence-corrected chi connectivity index (χ4v) is 1.51. The van der Waals surface area contributed by atoms with Crippen LogP contribution in [0, 0.1) is 0 Å². The van der Waals surface area contributed by atoms with Crippen LogP contribution >= 0.6 is 0 Å². The van der Waals surface area contributed by atoms with Crippen LogP contribution < -0.4 is 16.2 Å². The Hall–Kier alpha value is -1.13. The zero-order valence-electron chi connectivity index (χ0n) is 11.0. The number of aromatic nitrogens is 1. The summed E-state index contributed by atoms with van der Waals surface area (Å²) in [4.78, 5) is 13.6. The van der Waals surface area contributed by atoms with Crippen LogP contribution in [0.15, 0.2) is 23.1 Å². The molecule has 0 saturated heterocycles. The number of hydrogen-bond acceptors (Lipinski definition) is 3. The van der Waals surface area contributed by atoms with E-state index in [0.29, 0.717) is 0 Å². The Morgan fingerprint density at radius 3 is 2.71 bits per heavy atom. The van der Waals surface area contributed by atoms with Gasteiger partial charge in [-0.25, -0.2) is 0 Å². The van der Waals surface area contributed by atoms with Crippen molar-refractivity contribution < 1.29 is 0 Å². The SMILES string of the molecule is CC(C)(C)NCCCNCc1cc[nH]c(=O)c1. The number of rotatable bonds is 6. The molecule has 0 spiro atoms. The molecular formula is C13H23N3O. The first-order valence-electron chi connectivity index (χ1n) is 6.11. The van der Waals surface area contributed by atoms with Gasteiger partial charge in [0, 0.05) is 24.3 Å². The Bertz CT molecular complexity index is 379. The monoisotopic (exact) mass is 237 g/mol. The molecule has 4 heteroatoms. The van der Waals surface area contributed by atoms with Gasteiger partial charge in [0.05, 0.1) is 0 Å². The molecule has 0 radical (unpaired) electrons. The molecule has 1 heterocycles. The van der Waals surface area contributed by atoms with Gasteiger partial charge in [-0.2, -0.15) is 0 Å². The first kappa shape index (κ1) is 13.9. The number of hydrogen-bond donors (Lipinski definition) is 3. The van der Waals surface area contributed by atoms with Gasteiger partial charge in [-0.15, -0.1) is 0 Å². The highest BCUT2D eigenvalue weighted by Crippen LogP contribution is 1.97. The molecule has 1 aromatic rings. The largest absolute Gasteiger partial charge is 0.329 e. The van der Waals surface area contributed by atoms with Crippen LogP contribution in [0.2, 0.25) is 0 Å². The summed E-state index contributed by atoms with van der Waals surface area (Å²) >= 11 is 0. The Balaban J connectivity index is 2.11. The second kappa shape index (κ2) is 6.57. The molecule has 0 fully saturated rings. The van der Waals surface area contributed by atoms with Gasteiger partial charge in [0.15, 0.2) is 0 Å². The minimum absolute atomic E-state index is 0.0429. The third-order valence-corrected chi connectivity index (χ3v) is 2.35. The minimum atomic E-state index is -0.0429. The van der Waals surface area contributed by atoms with Crippen molar-refractivity contribution in [3.05, 3.63) is 34.2 Å². The molecule has 4 nitrogen and oxygen atoms in total. The zero-order chi connectivity index (χ0) is 12.7. The summed E-state index contributed by atoms with van der Waals surface area (Å²) in [5.74, 6) is 0. The predicted molar refractivity (Wildman–Crippen MR) is 71.1 cm³/mol. The highest BCUT2D eigenvalue weighted by atomic mass is 16.1. The zero-order valence-corrected chi connectivity index (χ0v) is 11.0. The normalized spacial score (nSPS) is 11.7. The van der Waals surface area contributed by atoms with Gasteiger partial charge in [-0.05, 0) is 51.9 Å². The highest BCUT2D eigenvalue weighted by Gasteiger charge is 2.06. The molecule has 0 unspecified atom stereocenters. The van der Waals surface area contributed by atoms with Gasteiger partial charge in [-0.3, -0.25) is 4.79 Å². The smallest absolute Gasteiger partial charge is 0.248 e. The quantitative estimate of drug-likeness (QED) is 0.653. The van der Waals surface area contributed by atoms with E-state index in [4.69, 9.17) is 0 Å². The van der Waals surface area contributed by atoms with Crippen molar-refractivity contribution in [1.29, 1.82) is 0 Å². The molecule has 0 amide bonds. The van der Waals surface area contributed by atoms with Gasteiger partial charge in [-0.1, -0.05) is 0 Å². The van der Waals surface area contributed by atoms with Crippen molar-refractivity contribution in [3.8, 4) is 0 Å². The van der Waals surface area contributed by atoms with Crippen LogP contribution in [-0.2, 0) is 6.54 Å². The van der Waals surface area contributed by atoms with E-state index in [1.54, 1.807) is 12.3 Å². The van der Waals surface area contributed by atoms with E-state index in [9.17, 15) is 4.79 Å². The summed E-state index contributed by atoms with van der Waals surface area (Å²) in [6.45, 7) is 9.20. The number of nitrogens with one attached hydrogen (secondary N) is 3. The Kier molecular flexibility index (Phi) is 5.38. The summed E-state index contributed by atoms with van der Waals surface area (Å²) < 4.78 is 0. The van der Waals surface area contributed by atoms with Crippen LogP contribution in [-0.4, -0.2) is 23.6 Å². The molecule has 0 aliphatic heterocycles. The molecule has 0 aliphatic rings. The maximum absolute atomic E-state index is 11.0. The fourth-order valence-electron chi connectivity index (χ4n) is 1.51. The third-order valence-electron chi connectivity index (χ3n) is 2.35. The lowest BCUT2D eigenvalue weighted by atomic mass is 10.1. The van der Waals surface area contributed by atoms with Gasteiger partial charge in [0.2, 0.25) is 5.56 Å². The molecule has 1 rings (SSSR count). The lowest BCUT2D eigenvalue weighted by molar-refractivity contribution is 0.418. The van der Waals surface area contributed by atoms with Crippen LogP contribution in [0.4, 0.5) is 0 Å². The van der Waals surface area contributed by atoms with E-state index >= 15 is 0 Å². The average Bonchev–Trinajstić information content (AvgIpc) is 2.22. The minimum Gasteiger partial charge on any atom is -0.329 e. The molecule has 3 N–H and O–H groups in total. The molecule has 0 bridgehead atoms. The molecule has 0 saturated carbocycles. The second-order valence-electron chi connectivity index (χ2n) is 5.27. The van der Waals surface area contributed by atoms with E-state index in [-0.39, 0.29) is 11.1 Å². The van der Waals surface area contributed by atoms with Gasteiger partial charge >= 0.3 is 0 Å². The topological polar surface area (TPSA) is 56.9 Å². The lowest BCUT2D eigenvalue weighted by Crippen LogP contribution is -2.37. The fraction of sp³-hybridized carbons (Fsp3) is 0.615. The first-order valence-corrected chi connectivity index (χ1v) is 6.11. The second-order valence-corrected chi connectivity index (χ2v) is 5.27. The summed E-state index contributed by atoms with van der Waals surface area (Å²) in [6, 6.07) is 3.54. The Labute approximate surface area is 103 Å². The highest BCUT2D eigenvalue weighted by molar-refractivity contribution is 5.09. The van der Waals surface area contributed by atoms with Gasteiger partial charge in [0.25, 0.3) is 0 Å². The predicted octanol–water partition coefficient (Wildman–Crippen LogP) is 1.24. The maximum Gasteiger partial charge on any atom is 0.248 e. The molecule has 17 heavy (non-hydrogen) atoms. The van der Waals surface area contributed by atoms with Crippen molar-refractivity contribution >= 4 is 0 Å². The molecule has 1 aromatic heterocycles. The maximum atomic E-state index is 11.0. The summed E-state index contributed by atoms with van der Waals surface area (Å²) in [5.41, 5.74) is 1.17. The summed E-state index contributed by atoms with van der Waals surface area (Å²) in [5, 5.41) is 6.76.